The van der Waals surface area contributed by atoms with E-state index < -0.39 is 5.97 Å². The van der Waals surface area contributed by atoms with Gasteiger partial charge in [-0.3, -0.25) is 9.59 Å². The van der Waals surface area contributed by atoms with E-state index in [0.717, 1.165) is 34.6 Å². The molecule has 0 unspecified atom stereocenters. The first kappa shape index (κ1) is 22.5. The number of nitrogens with one attached hydrogen (secondary N) is 1. The lowest BCUT2D eigenvalue weighted by Crippen LogP contribution is -2.27. The van der Waals surface area contributed by atoms with E-state index in [1.165, 1.54) is 0 Å². The summed E-state index contributed by atoms with van der Waals surface area (Å²) in [6, 6.07) is 16.9. The molecule has 35 heavy (non-hydrogen) atoms. The molecule has 1 aromatic heterocycles. The van der Waals surface area contributed by atoms with Crippen LogP contribution in [0.5, 0.6) is 5.75 Å². The van der Waals surface area contributed by atoms with Crippen LogP contribution in [0.15, 0.2) is 54.7 Å². The van der Waals surface area contributed by atoms with Gasteiger partial charge in [-0.2, -0.15) is 15.5 Å². The molecule has 1 aliphatic carbocycles. The molecular weight excluding hydrogens is 444 g/mol. The molecule has 5 rings (SSSR count). The molecule has 176 valence electrons. The summed E-state index contributed by atoms with van der Waals surface area (Å²) < 4.78 is 5.90. The number of carbonyl (C=O) groups is 2. The number of fused-ring (bicyclic) bond motifs is 2. The number of carbonyl (C=O) groups excluding carboxylic acids is 1. The van der Waals surface area contributed by atoms with E-state index in [9.17, 15) is 14.9 Å². The molecule has 1 saturated carbocycles. The number of nitriles is 1. The number of hydrogen-bond acceptors (Lipinski definition) is 6. The van der Waals surface area contributed by atoms with Crippen molar-refractivity contribution in [3.05, 3.63) is 71.4 Å². The second kappa shape index (κ2) is 9.18. The summed E-state index contributed by atoms with van der Waals surface area (Å²) >= 11 is 0. The summed E-state index contributed by atoms with van der Waals surface area (Å²) in [5, 5.41) is 29.5. The van der Waals surface area contributed by atoms with Crippen molar-refractivity contribution >= 4 is 17.6 Å². The number of aryl methyl sites for hydroxylation is 1. The second-order valence-corrected chi connectivity index (χ2v) is 9.05. The lowest BCUT2D eigenvalue weighted by atomic mass is 9.86. The van der Waals surface area contributed by atoms with Gasteiger partial charge in [0.05, 0.1) is 23.9 Å². The van der Waals surface area contributed by atoms with Crippen LogP contribution in [0.2, 0.25) is 0 Å². The Hall–Kier alpha value is -4.25. The fourth-order valence-electron chi connectivity index (χ4n) is 4.99. The number of nitrogens with zero attached hydrogens (tertiary/aromatic N) is 3. The third-order valence-corrected chi connectivity index (χ3v) is 6.92. The first-order valence-corrected chi connectivity index (χ1v) is 11.6. The molecule has 1 fully saturated rings. The second-order valence-electron chi connectivity index (χ2n) is 9.05. The lowest BCUT2D eigenvalue weighted by molar-refractivity contribution is -0.137. The predicted molar refractivity (Wildman–Crippen MR) is 128 cm³/mol. The maximum atomic E-state index is 13.4. The van der Waals surface area contributed by atoms with Gasteiger partial charge < -0.3 is 15.2 Å². The van der Waals surface area contributed by atoms with Crippen molar-refractivity contribution in [1.82, 2.24) is 10.2 Å². The van der Waals surface area contributed by atoms with E-state index in [0.29, 0.717) is 37.1 Å². The van der Waals surface area contributed by atoms with Gasteiger partial charge in [-0.05, 0) is 73.7 Å². The van der Waals surface area contributed by atoms with Gasteiger partial charge in [0.25, 0.3) is 0 Å². The maximum absolute atomic E-state index is 13.4. The average Bonchev–Trinajstić information content (AvgIpc) is 3.60. The topological polar surface area (TPSA) is 125 Å². The van der Waals surface area contributed by atoms with Gasteiger partial charge in [0, 0.05) is 40.8 Å². The number of rotatable bonds is 7. The van der Waals surface area contributed by atoms with Crippen LogP contribution in [-0.4, -0.2) is 33.8 Å². The van der Waals surface area contributed by atoms with E-state index >= 15 is 0 Å². The molecule has 1 aliphatic heterocycles. The Morgan fingerprint density at radius 1 is 1.23 bits per heavy atom. The molecule has 2 atom stereocenters. The van der Waals surface area contributed by atoms with Crippen LogP contribution < -0.4 is 10.1 Å². The van der Waals surface area contributed by atoms with E-state index in [1.807, 2.05) is 24.3 Å². The Bertz CT molecular complexity index is 1330. The zero-order valence-corrected chi connectivity index (χ0v) is 19.0. The number of aromatic nitrogens is 2. The monoisotopic (exact) mass is 468 g/mol. The van der Waals surface area contributed by atoms with Crippen molar-refractivity contribution in [2.24, 2.45) is 5.92 Å². The van der Waals surface area contributed by atoms with Crippen molar-refractivity contribution in [3.8, 4) is 23.1 Å². The standard InChI is InChI=1S/C27H24N4O4/c28-16-17-6-7-18(3-1-5-25(32)33)23(13-17)30-26(34)21-15-27(21)10-12-35-24-9-8-19(14-20(24)27)22-4-2-11-29-31-22/h2,4,6-9,11,13-14,21H,1,3,5,10,12,15H2,(H,30,34)(H,32,33)/t21-,27-/m0/s1. The third-order valence-electron chi connectivity index (χ3n) is 6.92. The van der Waals surface area contributed by atoms with Crippen LogP contribution in [0.4, 0.5) is 5.69 Å². The first-order valence-electron chi connectivity index (χ1n) is 11.6. The molecule has 0 bridgehead atoms. The molecule has 1 amide bonds. The number of anilines is 1. The van der Waals surface area contributed by atoms with Crippen molar-refractivity contribution < 1.29 is 19.4 Å². The highest BCUT2D eigenvalue weighted by atomic mass is 16.5. The van der Waals surface area contributed by atoms with E-state index in [4.69, 9.17) is 9.84 Å². The average molecular weight is 469 g/mol. The van der Waals surface area contributed by atoms with E-state index in [1.54, 1.807) is 24.4 Å². The van der Waals surface area contributed by atoms with Crippen LogP contribution in [0.1, 0.15) is 42.4 Å². The maximum Gasteiger partial charge on any atom is 0.303 e. The molecule has 2 aromatic carbocycles. The number of aliphatic carboxylic acids is 1. The van der Waals surface area contributed by atoms with Crippen molar-refractivity contribution in [2.75, 3.05) is 11.9 Å². The molecule has 8 heteroatoms. The molecule has 3 aromatic rings. The van der Waals surface area contributed by atoms with Gasteiger partial charge in [-0.15, -0.1) is 0 Å². The van der Waals surface area contributed by atoms with Crippen molar-refractivity contribution in [1.29, 1.82) is 5.26 Å². The number of amides is 1. The van der Waals surface area contributed by atoms with Gasteiger partial charge in [-0.25, -0.2) is 0 Å². The van der Waals surface area contributed by atoms with Gasteiger partial charge in [0.1, 0.15) is 5.75 Å². The summed E-state index contributed by atoms with van der Waals surface area (Å²) in [6.45, 7) is 0.547. The van der Waals surface area contributed by atoms with Crippen LogP contribution >= 0.6 is 0 Å². The number of benzene rings is 2. The summed E-state index contributed by atoms with van der Waals surface area (Å²) in [5.41, 5.74) is 4.24. The number of hydrogen-bond donors (Lipinski definition) is 2. The van der Waals surface area contributed by atoms with Crippen LogP contribution in [-0.2, 0) is 21.4 Å². The normalized spacial score (nSPS) is 19.8. The van der Waals surface area contributed by atoms with Gasteiger partial charge in [0.2, 0.25) is 5.91 Å². The minimum atomic E-state index is -0.858. The fraction of sp³-hybridized carbons (Fsp3) is 0.296. The largest absolute Gasteiger partial charge is 0.493 e. The quantitative estimate of drug-likeness (QED) is 0.535. The minimum absolute atomic E-state index is 0.0457. The van der Waals surface area contributed by atoms with E-state index in [-0.39, 0.29) is 23.7 Å². The molecular formula is C27H24N4O4. The number of carboxylic acid groups (broad SMARTS) is 1. The van der Waals surface area contributed by atoms with Gasteiger partial charge >= 0.3 is 5.97 Å². The Labute approximate surface area is 202 Å². The molecule has 0 saturated heterocycles. The molecule has 0 radical (unpaired) electrons. The summed E-state index contributed by atoms with van der Waals surface area (Å²) in [6.07, 6.45) is 4.08. The van der Waals surface area contributed by atoms with Crippen molar-refractivity contribution in [3.63, 3.8) is 0 Å². The van der Waals surface area contributed by atoms with E-state index in [2.05, 4.69) is 27.6 Å². The zero-order chi connectivity index (χ0) is 24.4. The minimum Gasteiger partial charge on any atom is -0.493 e. The molecule has 1 spiro atoms. The van der Waals surface area contributed by atoms with Gasteiger partial charge in [-0.1, -0.05) is 6.07 Å². The highest BCUT2D eigenvalue weighted by Gasteiger charge is 2.61. The van der Waals surface area contributed by atoms with Crippen LogP contribution in [0.3, 0.4) is 0 Å². The molecule has 8 nitrogen and oxygen atoms in total. The van der Waals surface area contributed by atoms with Crippen LogP contribution in [0.25, 0.3) is 11.3 Å². The molecule has 2 N–H and O–H groups in total. The highest BCUT2D eigenvalue weighted by molar-refractivity contribution is 5.97. The highest BCUT2D eigenvalue weighted by Crippen LogP contribution is 2.61. The third kappa shape index (κ3) is 4.45. The Morgan fingerprint density at radius 3 is 2.89 bits per heavy atom. The summed E-state index contributed by atoms with van der Waals surface area (Å²) in [5.74, 6) is -0.389. The fourth-order valence-corrected chi connectivity index (χ4v) is 4.99. The first-order chi connectivity index (χ1) is 17.0. The number of ether oxygens (including phenoxy) is 1. The Morgan fingerprint density at radius 2 is 2.11 bits per heavy atom. The Kier molecular flexibility index (Phi) is 5.91. The predicted octanol–water partition coefficient (Wildman–Crippen LogP) is 4.10. The molecule has 2 aliphatic rings. The van der Waals surface area contributed by atoms with Crippen LogP contribution in [0, 0.1) is 17.2 Å². The summed E-state index contributed by atoms with van der Waals surface area (Å²) in [4.78, 5) is 24.3. The summed E-state index contributed by atoms with van der Waals surface area (Å²) in [7, 11) is 0. The van der Waals surface area contributed by atoms with Gasteiger partial charge in [0.15, 0.2) is 0 Å². The smallest absolute Gasteiger partial charge is 0.303 e. The number of carboxylic acids is 1. The SMILES string of the molecule is N#Cc1ccc(CCCC(=O)O)c(NC(=O)[C@@H]2C[C@]23CCOc2ccc(-c4cccnn4)cc23)c1. The molecule has 2 heterocycles. The lowest BCUT2D eigenvalue weighted by Gasteiger charge is -2.27. The van der Waals surface area contributed by atoms with Crippen molar-refractivity contribution in [2.45, 2.75) is 37.5 Å². The zero-order valence-electron chi connectivity index (χ0n) is 19.0. The Balaban J connectivity index is 1.38.